The van der Waals surface area contributed by atoms with Crippen molar-refractivity contribution < 1.29 is 32.6 Å². The minimum atomic E-state index is -3.91. The van der Waals surface area contributed by atoms with Gasteiger partial charge < -0.3 is 20.1 Å². The van der Waals surface area contributed by atoms with Gasteiger partial charge in [-0.15, -0.1) is 0 Å². The molecule has 1 unspecified atom stereocenters. The Bertz CT molecular complexity index is 1600. The predicted octanol–water partition coefficient (Wildman–Crippen LogP) is 4.67. The number of aliphatic carboxylic acids is 1. The predicted molar refractivity (Wildman–Crippen MR) is 189 cm³/mol. The number of esters is 1. The van der Waals surface area contributed by atoms with Crippen molar-refractivity contribution in [3.8, 4) is 0 Å². The standard InChI is InChI=1S/C34H46ClN5O7S2/c1-3-47-34(44)26(37-21(2)32(41)40-16-6-9-28(40)33(42)43)15-14-22-10-12-24(13-11-22)20-36-49(45,46)30-19-29-27(18-25(30)35)38-31(39-48-29)17-23-7-4-5-8-23/h10-13,18-19,21,23,26,28,31,36-39H,3-9,14-17,20H2,1-2H3,(H,42,43)/t21-,26-,28-,31?/m0/s1. The second-order valence-electron chi connectivity index (χ2n) is 13.0. The van der Waals surface area contributed by atoms with E-state index in [9.17, 15) is 27.9 Å². The number of nitrogens with one attached hydrogen (secondary N) is 4. The highest BCUT2D eigenvalue weighted by Crippen LogP contribution is 2.38. The number of likely N-dealkylation sites (tertiary alicyclic amines) is 1. The van der Waals surface area contributed by atoms with Crippen LogP contribution in [0.2, 0.25) is 5.02 Å². The first kappa shape index (κ1) is 37.4. The molecule has 49 heavy (non-hydrogen) atoms. The van der Waals surface area contributed by atoms with Crippen LogP contribution in [0.5, 0.6) is 0 Å². The Morgan fingerprint density at radius 3 is 2.51 bits per heavy atom. The number of amides is 1. The van der Waals surface area contributed by atoms with Crippen LogP contribution < -0.4 is 20.1 Å². The van der Waals surface area contributed by atoms with Crippen molar-refractivity contribution in [2.45, 2.75) is 112 Å². The summed E-state index contributed by atoms with van der Waals surface area (Å²) in [7, 11) is -3.91. The molecule has 2 heterocycles. The minimum Gasteiger partial charge on any atom is -0.480 e. The highest BCUT2D eigenvalue weighted by atomic mass is 35.5. The summed E-state index contributed by atoms with van der Waals surface area (Å²) in [5.74, 6) is -1.19. The summed E-state index contributed by atoms with van der Waals surface area (Å²) in [6.07, 6.45) is 8.02. The number of sulfonamides is 1. The number of anilines is 1. The molecule has 1 amide bonds. The molecule has 2 aromatic rings. The average molecular weight is 736 g/mol. The van der Waals surface area contributed by atoms with E-state index in [-0.39, 0.29) is 35.1 Å². The number of aryl methyl sites for hydroxylation is 1. The third-order valence-corrected chi connectivity index (χ3v) is 12.3. The number of ether oxygens (including phenoxy) is 1. The fourth-order valence-corrected chi connectivity index (χ4v) is 9.26. The molecule has 0 aromatic heterocycles. The summed E-state index contributed by atoms with van der Waals surface area (Å²) in [4.78, 5) is 39.5. The molecule has 268 valence electrons. The van der Waals surface area contributed by atoms with E-state index in [2.05, 4.69) is 20.1 Å². The molecule has 3 aliphatic rings. The summed E-state index contributed by atoms with van der Waals surface area (Å²) < 4.78 is 37.9. The number of carboxylic acid groups (broad SMARTS) is 1. The van der Waals surface area contributed by atoms with Crippen molar-refractivity contribution in [1.82, 2.24) is 19.7 Å². The number of rotatable bonds is 15. The molecule has 2 aromatic carbocycles. The average Bonchev–Trinajstić information content (AvgIpc) is 3.78. The van der Waals surface area contributed by atoms with Crippen molar-refractivity contribution in [2.75, 3.05) is 18.5 Å². The first-order chi connectivity index (χ1) is 23.4. The smallest absolute Gasteiger partial charge is 0.326 e. The van der Waals surface area contributed by atoms with Gasteiger partial charge in [0.2, 0.25) is 15.9 Å². The van der Waals surface area contributed by atoms with Crippen LogP contribution in [0.25, 0.3) is 0 Å². The number of halogens is 1. The van der Waals surface area contributed by atoms with Crippen LogP contribution in [0.1, 0.15) is 76.3 Å². The molecule has 0 radical (unpaired) electrons. The fourth-order valence-electron chi connectivity index (χ4n) is 6.79. The van der Waals surface area contributed by atoms with Crippen LogP contribution in [0, 0.1) is 5.92 Å². The van der Waals surface area contributed by atoms with Gasteiger partial charge in [-0.2, -0.15) is 0 Å². The van der Waals surface area contributed by atoms with Crippen LogP contribution in [-0.2, 0) is 42.1 Å². The van der Waals surface area contributed by atoms with Crippen molar-refractivity contribution in [3.63, 3.8) is 0 Å². The third-order valence-electron chi connectivity index (χ3n) is 9.43. The maximum atomic E-state index is 13.3. The molecule has 0 bridgehead atoms. The molecule has 1 aliphatic carbocycles. The van der Waals surface area contributed by atoms with Gasteiger partial charge >= 0.3 is 11.9 Å². The number of carbonyl (C=O) groups is 3. The number of hydrogen-bond donors (Lipinski definition) is 5. The van der Waals surface area contributed by atoms with Gasteiger partial charge in [0.1, 0.15) is 17.0 Å². The van der Waals surface area contributed by atoms with E-state index >= 15 is 0 Å². The summed E-state index contributed by atoms with van der Waals surface area (Å²) in [5, 5.41) is 16.1. The van der Waals surface area contributed by atoms with E-state index in [1.165, 1.54) is 42.5 Å². The Labute approximate surface area is 297 Å². The largest absolute Gasteiger partial charge is 0.480 e. The number of carboxylic acids is 1. The maximum absolute atomic E-state index is 13.3. The lowest BCUT2D eigenvalue weighted by Gasteiger charge is -2.29. The Morgan fingerprint density at radius 1 is 1.10 bits per heavy atom. The molecule has 1 saturated heterocycles. The molecule has 2 fully saturated rings. The lowest BCUT2D eigenvalue weighted by Crippen LogP contribution is -2.53. The summed E-state index contributed by atoms with van der Waals surface area (Å²) >= 11 is 7.92. The summed E-state index contributed by atoms with van der Waals surface area (Å²) in [6.45, 7) is 3.94. The van der Waals surface area contributed by atoms with Crippen molar-refractivity contribution >= 4 is 57.1 Å². The topological polar surface area (TPSA) is 166 Å². The third kappa shape index (κ3) is 9.67. The highest BCUT2D eigenvalue weighted by Gasteiger charge is 2.37. The first-order valence-corrected chi connectivity index (χ1v) is 19.7. The number of benzene rings is 2. The summed E-state index contributed by atoms with van der Waals surface area (Å²) in [6, 6.07) is 8.23. The van der Waals surface area contributed by atoms with E-state index in [1.807, 2.05) is 24.3 Å². The van der Waals surface area contributed by atoms with Gasteiger partial charge in [0.25, 0.3) is 0 Å². The lowest BCUT2D eigenvalue weighted by atomic mass is 10.0. The van der Waals surface area contributed by atoms with E-state index < -0.39 is 40.1 Å². The van der Waals surface area contributed by atoms with Crippen LogP contribution in [-0.4, -0.2) is 73.7 Å². The minimum absolute atomic E-state index is 0.0170. The van der Waals surface area contributed by atoms with E-state index in [1.54, 1.807) is 26.0 Å². The highest BCUT2D eigenvalue weighted by molar-refractivity contribution is 7.97. The molecule has 2 aliphatic heterocycles. The SMILES string of the molecule is CCOC(=O)[C@H](CCc1ccc(CNS(=O)(=O)c2cc3c(cc2Cl)NC(CC2CCCC2)NS3)cc1)N[C@@H](C)C(=O)N1CCC[C@H]1C(=O)O. The van der Waals surface area contributed by atoms with Crippen LogP contribution in [0.4, 0.5) is 5.69 Å². The number of hydrogen-bond acceptors (Lipinski definition) is 10. The molecular formula is C34H46ClN5O7S2. The monoisotopic (exact) mass is 735 g/mol. The number of carbonyl (C=O) groups excluding carboxylic acids is 2. The zero-order chi connectivity index (χ0) is 35.1. The molecule has 5 rings (SSSR count). The second-order valence-corrected chi connectivity index (χ2v) is 16.0. The number of fused-ring (bicyclic) bond motifs is 1. The first-order valence-electron chi connectivity index (χ1n) is 17.0. The van der Waals surface area contributed by atoms with Crippen LogP contribution in [0.15, 0.2) is 46.2 Å². The summed E-state index contributed by atoms with van der Waals surface area (Å²) in [5.41, 5.74) is 2.48. The van der Waals surface area contributed by atoms with Crippen LogP contribution >= 0.6 is 23.5 Å². The van der Waals surface area contributed by atoms with E-state index in [0.29, 0.717) is 38.1 Å². The number of nitrogens with zero attached hydrogens (tertiary/aromatic N) is 1. The molecule has 15 heteroatoms. The fraction of sp³-hybridized carbons (Fsp3) is 0.559. The molecule has 1 saturated carbocycles. The maximum Gasteiger partial charge on any atom is 0.326 e. The van der Waals surface area contributed by atoms with Crippen molar-refractivity contribution in [2.24, 2.45) is 5.92 Å². The van der Waals surface area contributed by atoms with Crippen molar-refractivity contribution in [3.05, 3.63) is 52.5 Å². The van der Waals surface area contributed by atoms with Gasteiger partial charge in [0.05, 0.1) is 29.5 Å². The normalized spacial score (nSPS) is 20.8. The van der Waals surface area contributed by atoms with Gasteiger partial charge in [-0.1, -0.05) is 61.5 Å². The molecule has 4 atom stereocenters. The molecule has 12 nitrogen and oxygen atoms in total. The molecular weight excluding hydrogens is 690 g/mol. The Balaban J connectivity index is 1.15. The zero-order valence-corrected chi connectivity index (χ0v) is 30.3. The van der Waals surface area contributed by atoms with Crippen LogP contribution in [0.3, 0.4) is 0 Å². The zero-order valence-electron chi connectivity index (χ0n) is 27.9. The quantitative estimate of drug-likeness (QED) is 0.128. The lowest BCUT2D eigenvalue weighted by molar-refractivity contribution is -0.150. The van der Waals surface area contributed by atoms with Gasteiger partial charge in [-0.3, -0.25) is 14.9 Å². The van der Waals surface area contributed by atoms with Gasteiger partial charge in [0.15, 0.2) is 0 Å². The Hall–Kier alpha value is -2.88. The Kier molecular flexibility index (Phi) is 12.9. The van der Waals surface area contributed by atoms with Gasteiger partial charge in [0, 0.05) is 18.0 Å². The molecule has 0 spiro atoms. The van der Waals surface area contributed by atoms with E-state index in [0.717, 1.165) is 28.1 Å². The van der Waals surface area contributed by atoms with Gasteiger partial charge in [-0.05, 0) is 87.1 Å². The van der Waals surface area contributed by atoms with E-state index in [4.69, 9.17) is 16.3 Å². The van der Waals surface area contributed by atoms with Crippen molar-refractivity contribution in [1.29, 1.82) is 0 Å². The second kappa shape index (κ2) is 16.9. The molecule has 5 N–H and O–H groups in total. The van der Waals surface area contributed by atoms with Gasteiger partial charge in [-0.25, -0.2) is 22.7 Å². The Morgan fingerprint density at radius 2 is 1.82 bits per heavy atom.